The molecule has 3 aromatic rings. The van der Waals surface area contributed by atoms with Gasteiger partial charge >= 0.3 is 0 Å². The lowest BCUT2D eigenvalue weighted by molar-refractivity contribution is 0.507. The minimum absolute atomic E-state index is 0.224. The Bertz CT molecular complexity index is 1050. The van der Waals surface area contributed by atoms with E-state index >= 15 is 0 Å². The maximum atomic E-state index is 14.3. The number of hydrogen-bond donors (Lipinski definition) is 1. The Hall–Kier alpha value is -2.20. The van der Waals surface area contributed by atoms with Crippen LogP contribution >= 0.6 is 7.29 Å². The molecule has 0 aliphatic rings. The lowest BCUT2D eigenvalue weighted by Crippen LogP contribution is -2.43. The first-order valence-electron chi connectivity index (χ1n) is 9.55. The molecule has 0 fully saturated rings. The molecule has 6 heteroatoms. The summed E-state index contributed by atoms with van der Waals surface area (Å²) in [6, 6.07) is 24.8. The van der Waals surface area contributed by atoms with Crippen LogP contribution in [0.1, 0.15) is 19.4 Å². The number of aryl methyl sites for hydroxylation is 1. The van der Waals surface area contributed by atoms with Crippen LogP contribution in [-0.4, -0.2) is 13.8 Å². The molecule has 3 aromatic carbocycles. The zero-order chi connectivity index (χ0) is 21.1. The van der Waals surface area contributed by atoms with E-state index in [-0.39, 0.29) is 10.8 Å². The van der Waals surface area contributed by atoms with Crippen LogP contribution in [0, 0.1) is 12.8 Å². The molecule has 0 aromatic heterocycles. The maximum absolute atomic E-state index is 14.3. The van der Waals surface area contributed by atoms with Gasteiger partial charge in [0.05, 0.1) is 4.90 Å². The van der Waals surface area contributed by atoms with Crippen molar-refractivity contribution in [3.8, 4) is 0 Å². The van der Waals surface area contributed by atoms with Crippen molar-refractivity contribution in [2.75, 3.05) is 0 Å². The van der Waals surface area contributed by atoms with E-state index in [0.717, 1.165) is 5.56 Å². The largest absolute Gasteiger partial charge is 0.296 e. The minimum Gasteiger partial charge on any atom is -0.296 e. The SMILES string of the molecule is Cc1ccc(S(=O)(=O)C(NP(=O)(c2ccccc2)c2ccccc2)C(C)C)cc1. The van der Waals surface area contributed by atoms with Crippen molar-refractivity contribution in [3.05, 3.63) is 90.5 Å². The lowest BCUT2D eigenvalue weighted by atomic mass is 10.2. The van der Waals surface area contributed by atoms with Gasteiger partial charge in [0.25, 0.3) is 0 Å². The standard InChI is InChI=1S/C23H26NO3PS/c1-18(2)23(29(26,27)22-16-14-19(3)15-17-22)24-28(25,20-10-6-4-7-11-20)21-12-8-5-9-13-21/h4-18,23H,1-3H3,(H,24,25). The van der Waals surface area contributed by atoms with Crippen LogP contribution < -0.4 is 15.7 Å². The van der Waals surface area contributed by atoms with Gasteiger partial charge in [-0.25, -0.2) is 13.5 Å². The zero-order valence-electron chi connectivity index (χ0n) is 16.8. The average molecular weight is 428 g/mol. The first-order valence-corrected chi connectivity index (χ1v) is 12.8. The number of hydrogen-bond acceptors (Lipinski definition) is 3. The molecule has 0 heterocycles. The highest BCUT2D eigenvalue weighted by Crippen LogP contribution is 2.41. The molecule has 0 aliphatic carbocycles. The highest BCUT2D eigenvalue weighted by Gasteiger charge is 2.38. The van der Waals surface area contributed by atoms with Gasteiger partial charge in [-0.1, -0.05) is 67.9 Å². The Morgan fingerprint density at radius 2 is 1.21 bits per heavy atom. The number of nitrogens with one attached hydrogen (secondary N) is 1. The first kappa shape index (κ1) is 21.5. The Morgan fingerprint density at radius 1 is 0.759 bits per heavy atom. The molecular formula is C23H26NO3PS. The van der Waals surface area contributed by atoms with E-state index in [9.17, 15) is 13.0 Å². The van der Waals surface area contributed by atoms with E-state index in [1.807, 2.05) is 57.2 Å². The van der Waals surface area contributed by atoms with Crippen LogP contribution in [0.2, 0.25) is 0 Å². The second-order valence-corrected chi connectivity index (χ2v) is 12.0. The molecule has 0 saturated heterocycles. The van der Waals surface area contributed by atoms with Crippen molar-refractivity contribution in [2.45, 2.75) is 31.0 Å². The monoisotopic (exact) mass is 427 g/mol. The van der Waals surface area contributed by atoms with E-state index in [2.05, 4.69) is 5.09 Å². The van der Waals surface area contributed by atoms with Crippen LogP contribution in [0.4, 0.5) is 0 Å². The normalized spacial score (nSPS) is 13.4. The Balaban J connectivity index is 2.11. The van der Waals surface area contributed by atoms with Crippen molar-refractivity contribution >= 4 is 27.7 Å². The van der Waals surface area contributed by atoms with Gasteiger partial charge in [0.1, 0.15) is 5.37 Å². The summed E-state index contributed by atoms with van der Waals surface area (Å²) in [6.07, 6.45) is 0. The molecule has 29 heavy (non-hydrogen) atoms. The van der Waals surface area contributed by atoms with Crippen LogP contribution in [0.3, 0.4) is 0 Å². The van der Waals surface area contributed by atoms with Gasteiger partial charge < -0.3 is 0 Å². The second kappa shape index (κ2) is 8.66. The van der Waals surface area contributed by atoms with Crippen molar-refractivity contribution in [3.63, 3.8) is 0 Å². The van der Waals surface area contributed by atoms with Gasteiger partial charge in [0.2, 0.25) is 7.29 Å². The summed E-state index contributed by atoms with van der Waals surface area (Å²) >= 11 is 0. The van der Waals surface area contributed by atoms with Gasteiger partial charge in [-0.2, -0.15) is 0 Å². The molecule has 0 saturated carbocycles. The topological polar surface area (TPSA) is 63.2 Å². The molecule has 0 spiro atoms. The van der Waals surface area contributed by atoms with Crippen LogP contribution in [0.5, 0.6) is 0 Å². The Kier molecular flexibility index (Phi) is 6.42. The van der Waals surface area contributed by atoms with Crippen molar-refractivity contribution < 1.29 is 13.0 Å². The van der Waals surface area contributed by atoms with E-state index in [0.29, 0.717) is 10.6 Å². The van der Waals surface area contributed by atoms with Crippen molar-refractivity contribution in [1.29, 1.82) is 0 Å². The molecule has 0 amide bonds. The lowest BCUT2D eigenvalue weighted by Gasteiger charge is -2.29. The third-order valence-corrected chi connectivity index (χ3v) is 9.97. The fourth-order valence-electron chi connectivity index (χ4n) is 3.20. The summed E-state index contributed by atoms with van der Waals surface area (Å²) in [5.41, 5.74) is 0.984. The Labute approximate surface area is 173 Å². The van der Waals surface area contributed by atoms with Gasteiger partial charge in [-0.15, -0.1) is 0 Å². The quantitative estimate of drug-likeness (QED) is 0.572. The van der Waals surface area contributed by atoms with Crippen molar-refractivity contribution in [2.24, 2.45) is 5.92 Å². The predicted molar refractivity (Wildman–Crippen MR) is 120 cm³/mol. The summed E-state index contributed by atoms with van der Waals surface area (Å²) < 4.78 is 41.2. The molecule has 0 bridgehead atoms. The number of benzene rings is 3. The van der Waals surface area contributed by atoms with Gasteiger partial charge in [-0.3, -0.25) is 4.57 Å². The second-order valence-electron chi connectivity index (χ2n) is 7.43. The summed E-state index contributed by atoms with van der Waals surface area (Å²) in [5, 5.41) is 3.24. The highest BCUT2D eigenvalue weighted by molar-refractivity contribution is 7.92. The Morgan fingerprint density at radius 3 is 1.62 bits per heavy atom. The minimum atomic E-state index is -3.75. The van der Waals surface area contributed by atoms with Crippen LogP contribution in [-0.2, 0) is 14.4 Å². The highest BCUT2D eigenvalue weighted by atomic mass is 32.2. The molecule has 1 N–H and O–H groups in total. The zero-order valence-corrected chi connectivity index (χ0v) is 18.5. The van der Waals surface area contributed by atoms with Crippen LogP contribution in [0.15, 0.2) is 89.8 Å². The third-order valence-electron chi connectivity index (χ3n) is 4.84. The number of rotatable bonds is 7. The van der Waals surface area contributed by atoms with Gasteiger partial charge in [-0.05, 0) is 49.2 Å². The smallest absolute Gasteiger partial charge is 0.205 e. The predicted octanol–water partition coefficient (Wildman–Crippen LogP) is 4.27. The van der Waals surface area contributed by atoms with E-state index < -0.39 is 22.5 Å². The molecule has 152 valence electrons. The maximum Gasteiger partial charge on any atom is 0.205 e. The fourth-order valence-corrected chi connectivity index (χ4v) is 8.17. The average Bonchev–Trinajstić information content (AvgIpc) is 2.73. The van der Waals surface area contributed by atoms with E-state index in [1.165, 1.54) is 0 Å². The van der Waals surface area contributed by atoms with Crippen LogP contribution in [0.25, 0.3) is 0 Å². The number of sulfone groups is 1. The summed E-state index contributed by atoms with van der Waals surface area (Å²) in [7, 11) is -7.14. The molecule has 1 atom stereocenters. The van der Waals surface area contributed by atoms with E-state index in [1.54, 1.807) is 48.5 Å². The van der Waals surface area contributed by atoms with E-state index in [4.69, 9.17) is 0 Å². The summed E-state index contributed by atoms with van der Waals surface area (Å²) in [5.74, 6) is -0.290. The van der Waals surface area contributed by atoms with Gasteiger partial charge in [0, 0.05) is 10.6 Å². The molecule has 0 radical (unpaired) electrons. The molecule has 3 rings (SSSR count). The van der Waals surface area contributed by atoms with Crippen molar-refractivity contribution in [1.82, 2.24) is 5.09 Å². The molecule has 4 nitrogen and oxygen atoms in total. The molecule has 0 aliphatic heterocycles. The van der Waals surface area contributed by atoms with Gasteiger partial charge in [0.15, 0.2) is 9.84 Å². The fraction of sp³-hybridized carbons (Fsp3) is 0.217. The third kappa shape index (κ3) is 4.53. The summed E-state index contributed by atoms with van der Waals surface area (Å²) in [4.78, 5) is 0.224. The first-order chi connectivity index (χ1) is 13.7. The molecule has 1 unspecified atom stereocenters. The molecular weight excluding hydrogens is 401 g/mol. The summed E-state index contributed by atoms with van der Waals surface area (Å²) in [6.45, 7) is 5.56.